The van der Waals surface area contributed by atoms with E-state index in [0.29, 0.717) is 10.7 Å². The number of carbonyl (C=O) groups excluding carboxylic acids is 1. The van der Waals surface area contributed by atoms with Crippen LogP contribution in [-0.4, -0.2) is 24.7 Å². The van der Waals surface area contributed by atoms with E-state index in [1.807, 2.05) is 31.2 Å². The maximum absolute atomic E-state index is 13.5. The molecule has 1 atom stereocenters. The van der Waals surface area contributed by atoms with E-state index in [9.17, 15) is 13.2 Å². The van der Waals surface area contributed by atoms with Crippen LogP contribution in [0.3, 0.4) is 0 Å². The molecule has 0 saturated heterocycles. The summed E-state index contributed by atoms with van der Waals surface area (Å²) >= 11 is 6.18. The first-order valence-corrected chi connectivity index (χ1v) is 11.4. The molecule has 7 heteroatoms. The minimum absolute atomic E-state index is 0.132. The summed E-state index contributed by atoms with van der Waals surface area (Å²) in [6.45, 7) is 2.03. The van der Waals surface area contributed by atoms with Gasteiger partial charge in [0.1, 0.15) is 6.04 Å². The molecule has 0 bridgehead atoms. The third kappa shape index (κ3) is 3.99. The Labute approximate surface area is 181 Å². The molecule has 3 aromatic carbocycles. The minimum Gasteiger partial charge on any atom is -0.323 e. The molecule has 0 unspecified atom stereocenters. The average Bonchev–Trinajstić information content (AvgIpc) is 2.74. The number of hydrogen-bond acceptors (Lipinski definition) is 3. The lowest BCUT2D eigenvalue weighted by molar-refractivity contribution is -0.120. The molecule has 1 amide bonds. The van der Waals surface area contributed by atoms with Gasteiger partial charge >= 0.3 is 0 Å². The number of benzene rings is 3. The Morgan fingerprint density at radius 1 is 0.967 bits per heavy atom. The van der Waals surface area contributed by atoms with Crippen LogP contribution in [0.1, 0.15) is 16.7 Å². The maximum atomic E-state index is 13.5. The van der Waals surface area contributed by atoms with E-state index in [0.717, 1.165) is 16.7 Å². The van der Waals surface area contributed by atoms with Crippen LogP contribution < -0.4 is 5.32 Å². The van der Waals surface area contributed by atoms with Crippen LogP contribution in [0.15, 0.2) is 77.7 Å². The van der Waals surface area contributed by atoms with Gasteiger partial charge in [0.05, 0.1) is 15.6 Å². The number of carbonyl (C=O) groups is 1. The van der Waals surface area contributed by atoms with Gasteiger partial charge in [0.15, 0.2) is 0 Å². The zero-order valence-electron chi connectivity index (χ0n) is 16.4. The molecule has 4 rings (SSSR count). The Hall–Kier alpha value is -2.67. The van der Waals surface area contributed by atoms with E-state index in [2.05, 4.69) is 5.32 Å². The Kier molecular flexibility index (Phi) is 5.64. The second-order valence-electron chi connectivity index (χ2n) is 7.32. The molecule has 0 aliphatic carbocycles. The van der Waals surface area contributed by atoms with Crippen LogP contribution in [-0.2, 0) is 27.8 Å². The third-order valence-corrected chi connectivity index (χ3v) is 7.47. The largest absolute Gasteiger partial charge is 0.323 e. The fraction of sp³-hybridized carbons (Fsp3) is 0.174. The fourth-order valence-electron chi connectivity index (χ4n) is 3.60. The molecule has 1 N–H and O–H groups in total. The summed E-state index contributed by atoms with van der Waals surface area (Å²) in [4.78, 5) is 13.4. The van der Waals surface area contributed by atoms with E-state index >= 15 is 0 Å². The second-order valence-corrected chi connectivity index (χ2v) is 9.62. The number of halogens is 1. The molecule has 1 aliphatic rings. The van der Waals surface area contributed by atoms with Gasteiger partial charge in [-0.2, -0.15) is 4.31 Å². The van der Waals surface area contributed by atoms with Crippen LogP contribution in [0.2, 0.25) is 5.02 Å². The second kappa shape index (κ2) is 8.22. The quantitative estimate of drug-likeness (QED) is 0.653. The van der Waals surface area contributed by atoms with Crippen LogP contribution in [0.4, 0.5) is 5.69 Å². The summed E-state index contributed by atoms with van der Waals surface area (Å²) in [6, 6.07) is 20.3. The lowest BCUT2D eigenvalue weighted by atomic mass is 9.95. The zero-order valence-corrected chi connectivity index (χ0v) is 18.0. The van der Waals surface area contributed by atoms with Crippen LogP contribution in [0.25, 0.3) is 0 Å². The molecule has 0 aromatic heterocycles. The van der Waals surface area contributed by atoms with E-state index < -0.39 is 22.0 Å². The summed E-state index contributed by atoms with van der Waals surface area (Å²) in [7, 11) is -3.88. The van der Waals surface area contributed by atoms with Crippen molar-refractivity contribution in [3.05, 3.63) is 94.5 Å². The molecule has 1 aliphatic heterocycles. The molecule has 0 fully saturated rings. The zero-order chi connectivity index (χ0) is 21.3. The first-order chi connectivity index (χ1) is 14.4. The summed E-state index contributed by atoms with van der Waals surface area (Å²) in [5, 5.41) is 3.19. The van der Waals surface area contributed by atoms with Gasteiger partial charge in [0, 0.05) is 6.54 Å². The Balaban J connectivity index is 1.73. The summed E-state index contributed by atoms with van der Waals surface area (Å²) < 4.78 is 28.2. The standard InChI is InChI=1S/C23H21ClN2O3S/c1-16-10-12-19(13-11-16)30(28,29)26-15-18-7-3-2-6-17(18)14-22(26)23(27)25-21-9-5-4-8-20(21)24/h2-13,22H,14-15H2,1H3,(H,25,27)/t22-/m1/s1. The van der Waals surface area contributed by atoms with E-state index in [1.165, 1.54) is 4.31 Å². The van der Waals surface area contributed by atoms with Crippen molar-refractivity contribution in [3.8, 4) is 0 Å². The SMILES string of the molecule is Cc1ccc(S(=O)(=O)N2Cc3ccccc3C[C@@H]2C(=O)Nc2ccccc2Cl)cc1. The minimum atomic E-state index is -3.88. The van der Waals surface area contributed by atoms with E-state index in [-0.39, 0.29) is 17.9 Å². The molecule has 1 heterocycles. The molecular formula is C23H21ClN2O3S. The van der Waals surface area contributed by atoms with Gasteiger partial charge in [0.25, 0.3) is 0 Å². The molecule has 0 saturated carbocycles. The Morgan fingerprint density at radius 3 is 2.30 bits per heavy atom. The topological polar surface area (TPSA) is 66.5 Å². The molecule has 30 heavy (non-hydrogen) atoms. The van der Waals surface area contributed by atoms with Crippen LogP contribution in [0, 0.1) is 6.92 Å². The van der Waals surface area contributed by atoms with E-state index in [1.54, 1.807) is 48.5 Å². The normalized spacial score (nSPS) is 16.7. The highest BCUT2D eigenvalue weighted by atomic mass is 35.5. The van der Waals surface area contributed by atoms with Crippen molar-refractivity contribution in [2.24, 2.45) is 0 Å². The Morgan fingerprint density at radius 2 is 1.60 bits per heavy atom. The van der Waals surface area contributed by atoms with Gasteiger partial charge in [-0.25, -0.2) is 8.42 Å². The summed E-state index contributed by atoms with van der Waals surface area (Å²) in [5.74, 6) is -0.409. The maximum Gasteiger partial charge on any atom is 0.244 e. The van der Waals surface area contributed by atoms with Crippen molar-refractivity contribution in [2.75, 3.05) is 5.32 Å². The number of nitrogens with zero attached hydrogens (tertiary/aromatic N) is 1. The Bertz CT molecular complexity index is 1190. The fourth-order valence-corrected chi connectivity index (χ4v) is 5.35. The number of hydrogen-bond donors (Lipinski definition) is 1. The van der Waals surface area contributed by atoms with Crippen LogP contribution in [0.5, 0.6) is 0 Å². The highest BCUT2D eigenvalue weighted by molar-refractivity contribution is 7.89. The average molecular weight is 441 g/mol. The number of aryl methyl sites for hydroxylation is 1. The van der Waals surface area contributed by atoms with Gasteiger partial charge in [0.2, 0.25) is 15.9 Å². The van der Waals surface area contributed by atoms with Crippen molar-refractivity contribution < 1.29 is 13.2 Å². The summed E-state index contributed by atoms with van der Waals surface area (Å²) in [5.41, 5.74) is 3.28. The predicted octanol–water partition coefficient (Wildman–Crippen LogP) is 4.40. The van der Waals surface area contributed by atoms with Crippen molar-refractivity contribution in [1.29, 1.82) is 0 Å². The number of anilines is 1. The lowest BCUT2D eigenvalue weighted by Crippen LogP contribution is -2.50. The molecular weight excluding hydrogens is 420 g/mol. The van der Waals surface area contributed by atoms with Crippen LogP contribution >= 0.6 is 11.6 Å². The van der Waals surface area contributed by atoms with Gasteiger partial charge in [-0.3, -0.25) is 4.79 Å². The smallest absolute Gasteiger partial charge is 0.244 e. The highest BCUT2D eigenvalue weighted by Crippen LogP contribution is 2.30. The highest BCUT2D eigenvalue weighted by Gasteiger charge is 2.39. The molecule has 0 radical (unpaired) electrons. The molecule has 5 nitrogen and oxygen atoms in total. The number of sulfonamides is 1. The number of rotatable bonds is 4. The van der Waals surface area contributed by atoms with Gasteiger partial charge < -0.3 is 5.32 Å². The predicted molar refractivity (Wildman–Crippen MR) is 118 cm³/mol. The first-order valence-electron chi connectivity index (χ1n) is 9.57. The van der Waals surface area contributed by atoms with E-state index in [4.69, 9.17) is 11.6 Å². The molecule has 0 spiro atoms. The van der Waals surface area contributed by atoms with Crippen molar-refractivity contribution in [3.63, 3.8) is 0 Å². The van der Waals surface area contributed by atoms with Gasteiger partial charge in [-0.1, -0.05) is 65.7 Å². The van der Waals surface area contributed by atoms with Crippen molar-refractivity contribution in [2.45, 2.75) is 30.8 Å². The third-order valence-electron chi connectivity index (χ3n) is 5.27. The lowest BCUT2D eigenvalue weighted by Gasteiger charge is -2.35. The molecule has 154 valence electrons. The molecule has 3 aromatic rings. The van der Waals surface area contributed by atoms with Crippen molar-refractivity contribution >= 4 is 33.2 Å². The first kappa shape index (κ1) is 20.6. The monoisotopic (exact) mass is 440 g/mol. The number of nitrogens with one attached hydrogen (secondary N) is 1. The van der Waals surface area contributed by atoms with Crippen molar-refractivity contribution in [1.82, 2.24) is 4.31 Å². The van der Waals surface area contributed by atoms with Gasteiger partial charge in [-0.15, -0.1) is 0 Å². The summed E-state index contributed by atoms with van der Waals surface area (Å²) in [6.07, 6.45) is 0.289. The number of fused-ring (bicyclic) bond motifs is 1. The number of para-hydroxylation sites is 1. The number of amides is 1. The van der Waals surface area contributed by atoms with Gasteiger partial charge in [-0.05, 0) is 48.7 Å².